The molecule has 1 N–H and O–H groups in total. The van der Waals surface area contributed by atoms with Crippen molar-refractivity contribution in [1.29, 1.82) is 0 Å². The molecule has 4 nitrogen and oxygen atoms in total. The zero-order valence-corrected chi connectivity index (χ0v) is 13.6. The number of rotatable bonds is 5. The van der Waals surface area contributed by atoms with E-state index in [9.17, 15) is 12.8 Å². The van der Waals surface area contributed by atoms with Gasteiger partial charge in [-0.2, -0.15) is 4.31 Å². The lowest BCUT2D eigenvalue weighted by molar-refractivity contribution is 0.387. The molecule has 0 aliphatic carbocycles. The number of nitrogens with one attached hydrogen (secondary N) is 1. The predicted octanol–water partition coefficient (Wildman–Crippen LogP) is 2.21. The van der Waals surface area contributed by atoms with Gasteiger partial charge in [-0.05, 0) is 43.0 Å². The second kappa shape index (κ2) is 6.42. The Bertz CT molecular complexity index is 602. The Hall–Kier alpha value is -0.980. The minimum atomic E-state index is -3.73. The van der Waals surface area contributed by atoms with Crippen molar-refractivity contribution in [3.05, 3.63) is 29.6 Å². The fourth-order valence-electron chi connectivity index (χ4n) is 2.72. The van der Waals surface area contributed by atoms with Gasteiger partial charge in [0.05, 0.1) is 0 Å². The maximum Gasteiger partial charge on any atom is 0.245 e. The van der Waals surface area contributed by atoms with Gasteiger partial charge in [0, 0.05) is 19.6 Å². The first-order valence-corrected chi connectivity index (χ1v) is 8.73. The van der Waals surface area contributed by atoms with Crippen molar-refractivity contribution >= 4 is 10.0 Å². The van der Waals surface area contributed by atoms with Crippen LogP contribution in [0.5, 0.6) is 0 Å². The largest absolute Gasteiger partial charge is 0.316 e. The molecule has 1 heterocycles. The summed E-state index contributed by atoms with van der Waals surface area (Å²) in [5.74, 6) is 0.121. The lowest BCUT2D eigenvalue weighted by Crippen LogP contribution is -2.30. The van der Waals surface area contributed by atoms with Gasteiger partial charge in [0.15, 0.2) is 0 Å². The standard InChI is InChI=1S/C15H23FN2O2S/c1-11(2)13-6-7-18(10-13)21(19,20)15-5-4-12(9-17-3)8-14(15)16/h4-5,8,11,13,17H,6-7,9-10H2,1-3H3. The van der Waals surface area contributed by atoms with E-state index in [1.165, 1.54) is 16.4 Å². The van der Waals surface area contributed by atoms with E-state index in [1.807, 2.05) is 0 Å². The van der Waals surface area contributed by atoms with Gasteiger partial charge in [-0.3, -0.25) is 0 Å². The molecule has 1 aliphatic heterocycles. The highest BCUT2D eigenvalue weighted by atomic mass is 32.2. The molecule has 1 aromatic carbocycles. The number of hydrogen-bond donors (Lipinski definition) is 1. The van der Waals surface area contributed by atoms with Crippen LogP contribution in [-0.4, -0.2) is 32.9 Å². The quantitative estimate of drug-likeness (QED) is 0.906. The topological polar surface area (TPSA) is 49.4 Å². The van der Waals surface area contributed by atoms with E-state index in [2.05, 4.69) is 19.2 Å². The molecule has 1 aliphatic rings. The number of benzene rings is 1. The fourth-order valence-corrected chi connectivity index (χ4v) is 4.28. The van der Waals surface area contributed by atoms with Crippen molar-refractivity contribution in [2.45, 2.75) is 31.7 Å². The van der Waals surface area contributed by atoms with Crippen molar-refractivity contribution in [2.75, 3.05) is 20.1 Å². The Balaban J connectivity index is 2.24. The van der Waals surface area contributed by atoms with Crippen LogP contribution in [0.25, 0.3) is 0 Å². The minimum Gasteiger partial charge on any atom is -0.316 e. The Morgan fingerprint density at radius 2 is 2.14 bits per heavy atom. The average molecular weight is 314 g/mol. The molecule has 0 aromatic heterocycles. The molecule has 1 unspecified atom stereocenters. The summed E-state index contributed by atoms with van der Waals surface area (Å²) in [6, 6.07) is 4.32. The zero-order valence-electron chi connectivity index (χ0n) is 12.8. The molecular formula is C15H23FN2O2S. The molecule has 0 spiro atoms. The lowest BCUT2D eigenvalue weighted by Gasteiger charge is -2.18. The Labute approximate surface area is 126 Å². The first kappa shape index (κ1) is 16.4. The highest BCUT2D eigenvalue weighted by Gasteiger charge is 2.35. The highest BCUT2D eigenvalue weighted by molar-refractivity contribution is 7.89. The second-order valence-corrected chi connectivity index (χ2v) is 7.86. The molecule has 2 rings (SSSR count). The van der Waals surface area contributed by atoms with Gasteiger partial charge in [0.2, 0.25) is 10.0 Å². The van der Waals surface area contributed by atoms with Crippen LogP contribution in [0.3, 0.4) is 0 Å². The third-order valence-electron chi connectivity index (χ3n) is 4.13. The zero-order chi connectivity index (χ0) is 15.6. The van der Waals surface area contributed by atoms with Gasteiger partial charge in [-0.15, -0.1) is 0 Å². The summed E-state index contributed by atoms with van der Waals surface area (Å²) in [6.45, 7) is 5.65. The highest BCUT2D eigenvalue weighted by Crippen LogP contribution is 2.29. The molecule has 1 fully saturated rings. The average Bonchev–Trinajstić information content (AvgIpc) is 2.89. The first-order chi connectivity index (χ1) is 9.86. The summed E-state index contributed by atoms with van der Waals surface area (Å²) in [5, 5.41) is 2.92. The number of hydrogen-bond acceptors (Lipinski definition) is 3. The molecule has 0 radical (unpaired) electrons. The van der Waals surface area contributed by atoms with Gasteiger partial charge < -0.3 is 5.32 Å². The smallest absolute Gasteiger partial charge is 0.245 e. The summed E-state index contributed by atoms with van der Waals surface area (Å²) >= 11 is 0. The van der Waals surface area contributed by atoms with E-state index < -0.39 is 15.8 Å². The van der Waals surface area contributed by atoms with Crippen molar-refractivity contribution < 1.29 is 12.8 Å². The maximum absolute atomic E-state index is 14.1. The number of halogens is 1. The van der Waals surface area contributed by atoms with E-state index in [4.69, 9.17) is 0 Å². The summed E-state index contributed by atoms with van der Waals surface area (Å²) in [6.07, 6.45) is 0.844. The Morgan fingerprint density at radius 3 is 2.67 bits per heavy atom. The van der Waals surface area contributed by atoms with Crippen LogP contribution in [0.4, 0.5) is 4.39 Å². The van der Waals surface area contributed by atoms with Crippen molar-refractivity contribution in [3.8, 4) is 0 Å². The molecule has 1 atom stereocenters. The Morgan fingerprint density at radius 1 is 1.43 bits per heavy atom. The minimum absolute atomic E-state index is 0.216. The monoisotopic (exact) mass is 314 g/mol. The fraction of sp³-hybridized carbons (Fsp3) is 0.600. The SMILES string of the molecule is CNCc1ccc(S(=O)(=O)N2CCC(C(C)C)C2)c(F)c1. The van der Waals surface area contributed by atoms with Crippen LogP contribution in [0.1, 0.15) is 25.8 Å². The summed E-state index contributed by atoms with van der Waals surface area (Å²) in [7, 11) is -1.97. The maximum atomic E-state index is 14.1. The van der Waals surface area contributed by atoms with Crippen LogP contribution in [0.2, 0.25) is 0 Å². The summed E-state index contributed by atoms with van der Waals surface area (Å²) < 4.78 is 40.7. The van der Waals surface area contributed by atoms with Crippen LogP contribution in [0, 0.1) is 17.7 Å². The van der Waals surface area contributed by atoms with Crippen LogP contribution >= 0.6 is 0 Å². The molecule has 0 amide bonds. The van der Waals surface area contributed by atoms with Crippen molar-refractivity contribution in [2.24, 2.45) is 11.8 Å². The summed E-state index contributed by atoms with van der Waals surface area (Å²) in [5.41, 5.74) is 0.732. The van der Waals surface area contributed by atoms with Gasteiger partial charge in [-0.1, -0.05) is 19.9 Å². The van der Waals surface area contributed by atoms with E-state index in [0.29, 0.717) is 31.5 Å². The Kier molecular flexibility index (Phi) is 5.01. The van der Waals surface area contributed by atoms with E-state index in [1.54, 1.807) is 13.1 Å². The number of nitrogens with zero attached hydrogens (tertiary/aromatic N) is 1. The van der Waals surface area contributed by atoms with E-state index in [-0.39, 0.29) is 4.90 Å². The molecule has 0 saturated carbocycles. The van der Waals surface area contributed by atoms with E-state index >= 15 is 0 Å². The third-order valence-corrected chi connectivity index (χ3v) is 6.02. The van der Waals surface area contributed by atoms with Crippen molar-refractivity contribution in [3.63, 3.8) is 0 Å². The van der Waals surface area contributed by atoms with Crippen LogP contribution in [0.15, 0.2) is 23.1 Å². The summed E-state index contributed by atoms with van der Waals surface area (Å²) in [4.78, 5) is -0.216. The second-order valence-electron chi connectivity index (χ2n) is 5.95. The van der Waals surface area contributed by atoms with Crippen LogP contribution in [-0.2, 0) is 16.6 Å². The van der Waals surface area contributed by atoms with Crippen molar-refractivity contribution in [1.82, 2.24) is 9.62 Å². The number of sulfonamides is 1. The molecule has 6 heteroatoms. The third kappa shape index (κ3) is 3.44. The van der Waals surface area contributed by atoms with Gasteiger partial charge >= 0.3 is 0 Å². The molecule has 1 aromatic rings. The van der Waals surface area contributed by atoms with Gasteiger partial charge in [0.25, 0.3) is 0 Å². The molecular weight excluding hydrogens is 291 g/mol. The lowest BCUT2D eigenvalue weighted by atomic mass is 9.96. The van der Waals surface area contributed by atoms with Gasteiger partial charge in [0.1, 0.15) is 10.7 Å². The van der Waals surface area contributed by atoms with Crippen LogP contribution < -0.4 is 5.32 Å². The molecule has 0 bridgehead atoms. The molecule has 118 valence electrons. The normalized spacial score (nSPS) is 20.3. The first-order valence-electron chi connectivity index (χ1n) is 7.29. The molecule has 21 heavy (non-hydrogen) atoms. The molecule has 1 saturated heterocycles. The van der Waals surface area contributed by atoms with Gasteiger partial charge in [-0.25, -0.2) is 12.8 Å². The predicted molar refractivity (Wildman–Crippen MR) is 80.9 cm³/mol. The van der Waals surface area contributed by atoms with E-state index in [0.717, 1.165) is 12.0 Å².